The average Bonchev–Trinajstić information content (AvgIpc) is 3.12. The zero-order valence-electron chi connectivity index (χ0n) is 15.6. The van der Waals surface area contributed by atoms with E-state index >= 15 is 0 Å². The van der Waals surface area contributed by atoms with Crippen LogP contribution in [0.3, 0.4) is 0 Å². The molecule has 2 rings (SSSR count). The monoisotopic (exact) mass is 381 g/mol. The number of sulfonamides is 1. The second-order valence-corrected chi connectivity index (χ2v) is 8.87. The summed E-state index contributed by atoms with van der Waals surface area (Å²) in [5, 5.41) is 2.80. The molecule has 0 unspecified atom stereocenters. The van der Waals surface area contributed by atoms with Gasteiger partial charge in [-0.05, 0) is 37.1 Å². The zero-order chi connectivity index (χ0) is 19.3. The lowest BCUT2D eigenvalue weighted by Gasteiger charge is -2.27. The highest BCUT2D eigenvalue weighted by Gasteiger charge is 2.24. The van der Waals surface area contributed by atoms with Crippen molar-refractivity contribution in [1.29, 1.82) is 0 Å². The van der Waals surface area contributed by atoms with Gasteiger partial charge in [-0.15, -0.1) is 0 Å². The molecule has 0 aliphatic heterocycles. The third-order valence-electron chi connectivity index (χ3n) is 4.70. The van der Waals surface area contributed by atoms with Crippen molar-refractivity contribution in [1.82, 2.24) is 14.5 Å². The van der Waals surface area contributed by atoms with Gasteiger partial charge in [0.1, 0.15) is 0 Å². The van der Waals surface area contributed by atoms with Gasteiger partial charge in [-0.1, -0.05) is 12.8 Å². The highest BCUT2D eigenvalue weighted by Crippen LogP contribution is 2.23. The Morgan fingerprint density at radius 3 is 2.19 bits per heavy atom. The normalized spacial score (nSPS) is 15.2. The Labute approximate surface area is 155 Å². The first-order valence-electron chi connectivity index (χ1n) is 8.81. The summed E-state index contributed by atoms with van der Waals surface area (Å²) in [6, 6.07) is 6.10. The molecule has 1 aromatic carbocycles. The Morgan fingerprint density at radius 2 is 1.69 bits per heavy atom. The minimum Gasteiger partial charge on any atom is -0.350 e. The van der Waals surface area contributed by atoms with Crippen molar-refractivity contribution in [3.63, 3.8) is 0 Å². The fraction of sp³-hybridized carbons (Fsp3) is 0.556. The molecule has 0 heterocycles. The molecular formula is C18H27N3O4S. The van der Waals surface area contributed by atoms with E-state index in [1.807, 2.05) is 4.90 Å². The summed E-state index contributed by atoms with van der Waals surface area (Å²) >= 11 is 0. The molecule has 1 N–H and O–H groups in total. The molecule has 0 saturated heterocycles. The number of carbonyl (C=O) groups excluding carboxylic acids is 2. The van der Waals surface area contributed by atoms with Crippen LogP contribution in [0.1, 0.15) is 43.0 Å². The Balaban J connectivity index is 1.92. The molecule has 1 aliphatic rings. The minimum atomic E-state index is -3.51. The number of amides is 2. The highest BCUT2D eigenvalue weighted by molar-refractivity contribution is 7.89. The van der Waals surface area contributed by atoms with E-state index in [9.17, 15) is 18.0 Å². The second kappa shape index (κ2) is 8.64. The summed E-state index contributed by atoms with van der Waals surface area (Å²) in [6.07, 6.45) is 4.33. The summed E-state index contributed by atoms with van der Waals surface area (Å²) in [7, 11) is -0.590. The molecule has 0 radical (unpaired) electrons. The van der Waals surface area contributed by atoms with Crippen LogP contribution >= 0.6 is 0 Å². The van der Waals surface area contributed by atoms with Crippen molar-refractivity contribution >= 4 is 21.8 Å². The summed E-state index contributed by atoms with van der Waals surface area (Å²) < 4.78 is 25.2. The summed E-state index contributed by atoms with van der Waals surface area (Å²) in [4.78, 5) is 26.0. The van der Waals surface area contributed by atoms with Gasteiger partial charge in [0.25, 0.3) is 5.91 Å². The quantitative estimate of drug-likeness (QED) is 0.775. The van der Waals surface area contributed by atoms with Gasteiger partial charge in [-0.3, -0.25) is 9.59 Å². The zero-order valence-corrected chi connectivity index (χ0v) is 16.4. The van der Waals surface area contributed by atoms with E-state index < -0.39 is 10.0 Å². The SMILES string of the molecule is CC(=O)N(CCNC(=O)c1ccc(S(=O)(=O)N(C)C)cc1)C1CCCC1. The number of nitrogens with one attached hydrogen (secondary N) is 1. The molecule has 1 aliphatic carbocycles. The maximum Gasteiger partial charge on any atom is 0.251 e. The van der Waals surface area contributed by atoms with Gasteiger partial charge >= 0.3 is 0 Å². The van der Waals surface area contributed by atoms with Crippen molar-refractivity contribution < 1.29 is 18.0 Å². The fourth-order valence-electron chi connectivity index (χ4n) is 3.19. The maximum absolute atomic E-state index is 12.2. The largest absolute Gasteiger partial charge is 0.350 e. The van der Waals surface area contributed by atoms with Gasteiger partial charge in [-0.2, -0.15) is 0 Å². The summed E-state index contributed by atoms with van der Waals surface area (Å²) in [5.74, 6) is -0.252. The molecule has 1 fully saturated rings. The second-order valence-electron chi connectivity index (χ2n) is 6.72. The number of benzene rings is 1. The van der Waals surface area contributed by atoms with E-state index in [2.05, 4.69) is 5.32 Å². The van der Waals surface area contributed by atoms with Crippen LogP contribution in [-0.2, 0) is 14.8 Å². The Kier molecular flexibility index (Phi) is 6.77. The molecule has 0 spiro atoms. The topological polar surface area (TPSA) is 86.8 Å². The third-order valence-corrected chi connectivity index (χ3v) is 6.53. The third kappa shape index (κ3) is 4.82. The Morgan fingerprint density at radius 1 is 1.12 bits per heavy atom. The standard InChI is InChI=1S/C18H27N3O4S/c1-14(22)21(16-6-4-5-7-16)13-12-19-18(23)15-8-10-17(11-9-15)26(24,25)20(2)3/h8-11,16H,4-7,12-13H2,1-3H3,(H,19,23). The first-order chi connectivity index (χ1) is 12.2. The van der Waals surface area contributed by atoms with Gasteiger partial charge in [-0.25, -0.2) is 12.7 Å². The number of hydrogen-bond donors (Lipinski definition) is 1. The van der Waals surface area contributed by atoms with E-state index in [0.29, 0.717) is 18.7 Å². The van der Waals surface area contributed by atoms with Gasteiger partial charge in [0.2, 0.25) is 15.9 Å². The van der Waals surface area contributed by atoms with Crippen molar-refractivity contribution in [3.8, 4) is 0 Å². The fourth-order valence-corrected chi connectivity index (χ4v) is 4.10. The van der Waals surface area contributed by atoms with Crippen LogP contribution in [0.25, 0.3) is 0 Å². The van der Waals surface area contributed by atoms with Crippen LogP contribution < -0.4 is 5.32 Å². The highest BCUT2D eigenvalue weighted by atomic mass is 32.2. The first kappa shape index (κ1) is 20.4. The van der Waals surface area contributed by atoms with Crippen molar-refractivity contribution in [2.75, 3.05) is 27.2 Å². The molecule has 2 amide bonds. The molecule has 8 heteroatoms. The molecular weight excluding hydrogens is 354 g/mol. The molecule has 1 aromatic rings. The Hall–Kier alpha value is -1.93. The molecule has 144 valence electrons. The lowest BCUT2D eigenvalue weighted by atomic mass is 10.2. The predicted molar refractivity (Wildman–Crippen MR) is 99.3 cm³/mol. The molecule has 26 heavy (non-hydrogen) atoms. The van der Waals surface area contributed by atoms with Crippen LogP contribution in [-0.4, -0.2) is 62.7 Å². The van der Waals surface area contributed by atoms with E-state index in [1.54, 1.807) is 6.92 Å². The lowest BCUT2D eigenvalue weighted by molar-refractivity contribution is -0.131. The lowest BCUT2D eigenvalue weighted by Crippen LogP contribution is -2.42. The summed E-state index contributed by atoms with van der Waals surface area (Å²) in [5.41, 5.74) is 0.387. The molecule has 1 saturated carbocycles. The Bertz CT molecular complexity index is 738. The van der Waals surface area contributed by atoms with Gasteiger partial charge in [0.15, 0.2) is 0 Å². The number of nitrogens with zero attached hydrogens (tertiary/aromatic N) is 2. The average molecular weight is 381 g/mol. The van der Waals surface area contributed by atoms with Crippen molar-refractivity contribution in [3.05, 3.63) is 29.8 Å². The van der Waals surface area contributed by atoms with Crippen LogP contribution in [0.2, 0.25) is 0 Å². The maximum atomic E-state index is 12.2. The predicted octanol–water partition coefficient (Wildman–Crippen LogP) is 1.46. The number of hydrogen-bond acceptors (Lipinski definition) is 4. The van der Waals surface area contributed by atoms with Gasteiger partial charge in [0.05, 0.1) is 4.90 Å². The van der Waals surface area contributed by atoms with E-state index in [-0.39, 0.29) is 22.8 Å². The van der Waals surface area contributed by atoms with Crippen LogP contribution in [0, 0.1) is 0 Å². The van der Waals surface area contributed by atoms with Crippen LogP contribution in [0.5, 0.6) is 0 Å². The molecule has 7 nitrogen and oxygen atoms in total. The van der Waals surface area contributed by atoms with Gasteiger partial charge < -0.3 is 10.2 Å². The number of rotatable bonds is 7. The van der Waals surface area contributed by atoms with Crippen LogP contribution in [0.4, 0.5) is 0 Å². The van der Waals surface area contributed by atoms with Crippen molar-refractivity contribution in [2.24, 2.45) is 0 Å². The number of carbonyl (C=O) groups is 2. The smallest absolute Gasteiger partial charge is 0.251 e. The van der Waals surface area contributed by atoms with Crippen molar-refractivity contribution in [2.45, 2.75) is 43.5 Å². The molecule has 0 bridgehead atoms. The van der Waals surface area contributed by atoms with Crippen LogP contribution in [0.15, 0.2) is 29.2 Å². The summed E-state index contributed by atoms with van der Waals surface area (Å²) in [6.45, 7) is 2.41. The molecule has 0 atom stereocenters. The van der Waals surface area contributed by atoms with E-state index in [1.165, 1.54) is 38.4 Å². The molecule has 0 aromatic heterocycles. The van der Waals surface area contributed by atoms with E-state index in [0.717, 1.165) is 30.0 Å². The minimum absolute atomic E-state index is 0.0318. The first-order valence-corrected chi connectivity index (χ1v) is 10.3. The van der Waals surface area contributed by atoms with Gasteiger partial charge in [0, 0.05) is 45.7 Å². The van der Waals surface area contributed by atoms with E-state index in [4.69, 9.17) is 0 Å².